The van der Waals surface area contributed by atoms with Crippen molar-refractivity contribution in [3.63, 3.8) is 0 Å². The first-order valence-electron chi connectivity index (χ1n) is 7.63. The smallest absolute Gasteiger partial charge is 0.269 e. The molecular formula is C16H24N2O3. The van der Waals surface area contributed by atoms with Crippen molar-refractivity contribution < 1.29 is 9.72 Å². The third kappa shape index (κ3) is 7.44. The Labute approximate surface area is 125 Å². The van der Waals surface area contributed by atoms with Crippen molar-refractivity contribution >= 4 is 11.6 Å². The molecular weight excluding hydrogens is 268 g/mol. The Kier molecular flexibility index (Phi) is 8.09. The van der Waals surface area contributed by atoms with Gasteiger partial charge in [0.15, 0.2) is 0 Å². The van der Waals surface area contributed by atoms with Crippen LogP contribution in [0.15, 0.2) is 24.3 Å². The number of unbranched alkanes of at least 4 members (excludes halogenated alkanes) is 5. The zero-order chi connectivity index (χ0) is 15.5. The molecule has 21 heavy (non-hydrogen) atoms. The second kappa shape index (κ2) is 9.91. The number of nitro groups is 1. The normalized spacial score (nSPS) is 10.3. The van der Waals surface area contributed by atoms with E-state index in [-0.39, 0.29) is 18.0 Å². The highest BCUT2D eigenvalue weighted by Crippen LogP contribution is 2.12. The van der Waals surface area contributed by atoms with Crippen molar-refractivity contribution in [2.75, 3.05) is 6.54 Å². The lowest BCUT2D eigenvalue weighted by Gasteiger charge is -2.05. The molecule has 1 N–H and O–H groups in total. The maximum atomic E-state index is 11.7. The summed E-state index contributed by atoms with van der Waals surface area (Å²) in [5, 5.41) is 13.4. The number of rotatable bonds is 10. The molecule has 5 nitrogen and oxygen atoms in total. The van der Waals surface area contributed by atoms with E-state index in [1.807, 2.05) is 0 Å². The standard InChI is InChI=1S/C16H24N2O3/c1-2-3-4-5-6-7-12-17-16(19)13-14-8-10-15(11-9-14)18(20)21/h8-11H,2-7,12-13H2,1H3,(H,17,19). The largest absolute Gasteiger partial charge is 0.356 e. The molecule has 0 atom stereocenters. The molecule has 1 amide bonds. The minimum Gasteiger partial charge on any atom is -0.356 e. The van der Waals surface area contributed by atoms with Crippen LogP contribution in [0.4, 0.5) is 5.69 Å². The number of nitro benzene ring substituents is 1. The van der Waals surface area contributed by atoms with Gasteiger partial charge in [0.1, 0.15) is 0 Å². The molecule has 0 bridgehead atoms. The third-order valence-corrected chi connectivity index (χ3v) is 3.36. The SMILES string of the molecule is CCCCCCCCNC(=O)Cc1ccc([N+](=O)[O-])cc1. The van der Waals surface area contributed by atoms with E-state index in [4.69, 9.17) is 0 Å². The first kappa shape index (κ1) is 17.1. The summed E-state index contributed by atoms with van der Waals surface area (Å²) in [6, 6.07) is 6.11. The Morgan fingerprint density at radius 1 is 1.10 bits per heavy atom. The molecule has 0 saturated carbocycles. The number of benzene rings is 1. The number of hydrogen-bond acceptors (Lipinski definition) is 3. The fourth-order valence-electron chi connectivity index (χ4n) is 2.12. The van der Waals surface area contributed by atoms with Crippen LogP contribution in [0.25, 0.3) is 0 Å². The van der Waals surface area contributed by atoms with Crippen LogP contribution in [0.5, 0.6) is 0 Å². The lowest BCUT2D eigenvalue weighted by molar-refractivity contribution is -0.384. The molecule has 0 unspecified atom stereocenters. The minimum absolute atomic E-state index is 0.0302. The molecule has 1 rings (SSSR count). The average molecular weight is 292 g/mol. The van der Waals surface area contributed by atoms with Gasteiger partial charge >= 0.3 is 0 Å². The number of hydrogen-bond donors (Lipinski definition) is 1. The van der Waals surface area contributed by atoms with Crippen molar-refractivity contribution in [1.82, 2.24) is 5.32 Å². The molecule has 1 aromatic carbocycles. The van der Waals surface area contributed by atoms with Gasteiger partial charge in [-0.05, 0) is 12.0 Å². The molecule has 0 fully saturated rings. The number of non-ortho nitro benzene ring substituents is 1. The quantitative estimate of drug-likeness (QED) is 0.407. The van der Waals surface area contributed by atoms with E-state index in [2.05, 4.69) is 12.2 Å². The molecule has 0 aliphatic rings. The first-order chi connectivity index (χ1) is 10.1. The molecule has 116 valence electrons. The predicted octanol–water partition coefficient (Wildman–Crippen LogP) is 3.61. The van der Waals surface area contributed by atoms with Crippen molar-refractivity contribution in [2.45, 2.75) is 51.9 Å². The fourth-order valence-corrected chi connectivity index (χ4v) is 2.12. The van der Waals surface area contributed by atoms with Crippen LogP contribution in [0.1, 0.15) is 51.0 Å². The van der Waals surface area contributed by atoms with Crippen LogP contribution in [0.2, 0.25) is 0 Å². The lowest BCUT2D eigenvalue weighted by Crippen LogP contribution is -2.26. The molecule has 5 heteroatoms. The number of amides is 1. The van der Waals surface area contributed by atoms with Gasteiger partial charge in [-0.25, -0.2) is 0 Å². The summed E-state index contributed by atoms with van der Waals surface area (Å²) in [5.74, 6) is -0.0302. The van der Waals surface area contributed by atoms with Crippen LogP contribution in [0.3, 0.4) is 0 Å². The third-order valence-electron chi connectivity index (χ3n) is 3.36. The molecule has 0 aromatic heterocycles. The Hall–Kier alpha value is -1.91. The summed E-state index contributed by atoms with van der Waals surface area (Å²) in [6.45, 7) is 2.90. The van der Waals surface area contributed by atoms with Gasteiger partial charge in [0.2, 0.25) is 5.91 Å². The molecule has 0 radical (unpaired) electrons. The molecule has 0 heterocycles. The van der Waals surface area contributed by atoms with Crippen LogP contribution >= 0.6 is 0 Å². The highest BCUT2D eigenvalue weighted by atomic mass is 16.6. The summed E-state index contributed by atoms with van der Waals surface area (Å²) in [4.78, 5) is 21.8. The van der Waals surface area contributed by atoms with Gasteiger partial charge < -0.3 is 5.32 Å². The zero-order valence-corrected chi connectivity index (χ0v) is 12.6. The minimum atomic E-state index is -0.442. The summed E-state index contributed by atoms with van der Waals surface area (Å²) in [6.07, 6.45) is 7.46. The first-order valence-corrected chi connectivity index (χ1v) is 7.63. The Morgan fingerprint density at radius 3 is 2.33 bits per heavy atom. The van der Waals surface area contributed by atoms with E-state index in [1.165, 1.54) is 37.8 Å². The van der Waals surface area contributed by atoms with Gasteiger partial charge in [-0.15, -0.1) is 0 Å². The number of nitrogens with one attached hydrogen (secondary N) is 1. The van der Waals surface area contributed by atoms with Gasteiger partial charge in [-0.1, -0.05) is 51.2 Å². The van der Waals surface area contributed by atoms with Crippen molar-refractivity contribution in [2.24, 2.45) is 0 Å². The maximum absolute atomic E-state index is 11.7. The average Bonchev–Trinajstić information content (AvgIpc) is 2.47. The highest BCUT2D eigenvalue weighted by molar-refractivity contribution is 5.78. The van der Waals surface area contributed by atoms with Crippen molar-refractivity contribution in [3.05, 3.63) is 39.9 Å². The Bertz CT molecular complexity index is 443. The van der Waals surface area contributed by atoms with E-state index >= 15 is 0 Å². The van der Waals surface area contributed by atoms with Gasteiger partial charge in [-0.3, -0.25) is 14.9 Å². The van der Waals surface area contributed by atoms with Gasteiger partial charge in [-0.2, -0.15) is 0 Å². The molecule has 0 aliphatic carbocycles. The summed E-state index contributed by atoms with van der Waals surface area (Å²) < 4.78 is 0. The lowest BCUT2D eigenvalue weighted by atomic mass is 10.1. The molecule has 0 aliphatic heterocycles. The van der Waals surface area contributed by atoms with Gasteiger partial charge in [0, 0.05) is 18.7 Å². The number of carbonyl (C=O) groups excluding carboxylic acids is 1. The maximum Gasteiger partial charge on any atom is 0.269 e. The molecule has 0 saturated heterocycles. The fraction of sp³-hybridized carbons (Fsp3) is 0.562. The van der Waals surface area contributed by atoms with Crippen LogP contribution < -0.4 is 5.32 Å². The number of nitrogens with zero attached hydrogens (tertiary/aromatic N) is 1. The topological polar surface area (TPSA) is 72.2 Å². The van der Waals surface area contributed by atoms with Crippen LogP contribution in [-0.2, 0) is 11.2 Å². The van der Waals surface area contributed by atoms with E-state index in [9.17, 15) is 14.9 Å². The van der Waals surface area contributed by atoms with Gasteiger partial charge in [0.25, 0.3) is 5.69 Å². The van der Waals surface area contributed by atoms with Gasteiger partial charge in [0.05, 0.1) is 11.3 Å². The summed E-state index contributed by atoms with van der Waals surface area (Å²) in [7, 11) is 0. The van der Waals surface area contributed by atoms with Crippen LogP contribution in [-0.4, -0.2) is 17.4 Å². The second-order valence-electron chi connectivity index (χ2n) is 5.22. The summed E-state index contributed by atoms with van der Waals surface area (Å²) in [5.41, 5.74) is 0.840. The highest BCUT2D eigenvalue weighted by Gasteiger charge is 2.06. The van der Waals surface area contributed by atoms with Crippen molar-refractivity contribution in [1.29, 1.82) is 0 Å². The van der Waals surface area contributed by atoms with E-state index in [0.29, 0.717) is 6.54 Å². The van der Waals surface area contributed by atoms with Crippen LogP contribution in [0, 0.1) is 10.1 Å². The van der Waals surface area contributed by atoms with E-state index in [1.54, 1.807) is 12.1 Å². The molecule has 0 spiro atoms. The molecule has 1 aromatic rings. The Balaban J connectivity index is 2.17. The van der Waals surface area contributed by atoms with E-state index in [0.717, 1.165) is 18.4 Å². The monoisotopic (exact) mass is 292 g/mol. The predicted molar refractivity (Wildman–Crippen MR) is 83.2 cm³/mol. The van der Waals surface area contributed by atoms with Crippen molar-refractivity contribution in [3.8, 4) is 0 Å². The Morgan fingerprint density at radius 2 is 1.71 bits per heavy atom. The van der Waals surface area contributed by atoms with E-state index < -0.39 is 4.92 Å². The zero-order valence-electron chi connectivity index (χ0n) is 12.6. The number of carbonyl (C=O) groups is 1. The summed E-state index contributed by atoms with van der Waals surface area (Å²) >= 11 is 0. The second-order valence-corrected chi connectivity index (χ2v) is 5.22.